The van der Waals surface area contributed by atoms with Gasteiger partial charge in [0.1, 0.15) is 0 Å². The average molecular weight is 298 g/mol. The fourth-order valence-electron chi connectivity index (χ4n) is 2.36. The molecule has 0 aliphatic carbocycles. The summed E-state index contributed by atoms with van der Waals surface area (Å²) in [5.41, 5.74) is 2.78. The van der Waals surface area contributed by atoms with Crippen LogP contribution in [0.15, 0.2) is 22.7 Å². The molecule has 0 spiro atoms. The van der Waals surface area contributed by atoms with Crippen LogP contribution in [0.4, 0.5) is 0 Å². The van der Waals surface area contributed by atoms with Crippen LogP contribution in [0.5, 0.6) is 0 Å². The predicted molar refractivity (Wildman–Crippen MR) is 74.2 cm³/mol. The molecule has 1 aliphatic heterocycles. The van der Waals surface area contributed by atoms with Gasteiger partial charge in [-0.3, -0.25) is 4.90 Å². The van der Waals surface area contributed by atoms with E-state index >= 15 is 0 Å². The molecule has 2 rings (SSSR count). The maximum absolute atomic E-state index is 5.41. The lowest BCUT2D eigenvalue weighted by Gasteiger charge is -2.31. The fourth-order valence-corrected chi connectivity index (χ4v) is 2.84. The van der Waals surface area contributed by atoms with Crippen LogP contribution < -0.4 is 0 Å². The Morgan fingerprint density at radius 1 is 1.35 bits per heavy atom. The molecule has 0 unspecified atom stereocenters. The van der Waals surface area contributed by atoms with E-state index in [-0.39, 0.29) is 0 Å². The van der Waals surface area contributed by atoms with E-state index in [1.54, 1.807) is 0 Å². The lowest BCUT2D eigenvalue weighted by Crippen LogP contribution is -2.36. The number of hydrogen-bond acceptors (Lipinski definition) is 2. The summed E-state index contributed by atoms with van der Waals surface area (Å²) in [4.78, 5) is 2.46. The summed E-state index contributed by atoms with van der Waals surface area (Å²) in [6, 6.07) is 7.20. The summed E-state index contributed by atoms with van der Waals surface area (Å²) < 4.78 is 6.57. The summed E-state index contributed by atoms with van der Waals surface area (Å²) in [6.07, 6.45) is 2.32. The number of hydrogen-bond donors (Lipinski definition) is 0. The molecule has 94 valence electrons. The topological polar surface area (TPSA) is 12.5 Å². The van der Waals surface area contributed by atoms with Crippen molar-refractivity contribution in [3.05, 3.63) is 33.8 Å². The van der Waals surface area contributed by atoms with Crippen molar-refractivity contribution in [2.45, 2.75) is 32.4 Å². The average Bonchev–Trinajstić information content (AvgIpc) is 2.34. The molecule has 17 heavy (non-hydrogen) atoms. The van der Waals surface area contributed by atoms with Crippen LogP contribution in [0.3, 0.4) is 0 Å². The van der Waals surface area contributed by atoms with Crippen molar-refractivity contribution in [1.82, 2.24) is 4.90 Å². The molecule has 0 radical (unpaired) electrons. The molecule has 2 nitrogen and oxygen atoms in total. The molecule has 0 saturated carbocycles. The quantitative estimate of drug-likeness (QED) is 0.848. The largest absolute Gasteiger partial charge is 0.381 e. The molecule has 0 bridgehead atoms. The van der Waals surface area contributed by atoms with Gasteiger partial charge in [0.05, 0.1) is 0 Å². The molecule has 1 aliphatic rings. The molecule has 0 N–H and O–H groups in total. The van der Waals surface area contributed by atoms with Gasteiger partial charge in [-0.15, -0.1) is 0 Å². The third-order valence-corrected chi connectivity index (χ3v) is 4.03. The standard InChI is InChI=1S/C14H20BrNO/c1-11-9-13(15)4-3-12(11)10-16(2)14-5-7-17-8-6-14/h3-4,9,14H,5-8,10H2,1-2H3. The van der Waals surface area contributed by atoms with Crippen LogP contribution in [0.25, 0.3) is 0 Å². The summed E-state index contributed by atoms with van der Waals surface area (Å²) in [5, 5.41) is 0. The molecule has 1 aromatic carbocycles. The van der Waals surface area contributed by atoms with E-state index in [0.717, 1.165) is 37.1 Å². The highest BCUT2D eigenvalue weighted by Crippen LogP contribution is 2.20. The van der Waals surface area contributed by atoms with Gasteiger partial charge in [-0.05, 0) is 50.1 Å². The van der Waals surface area contributed by atoms with Crippen LogP contribution in [-0.4, -0.2) is 31.2 Å². The van der Waals surface area contributed by atoms with Gasteiger partial charge in [0.15, 0.2) is 0 Å². The number of ether oxygens (including phenoxy) is 1. The highest BCUT2D eigenvalue weighted by Gasteiger charge is 2.18. The molecule has 0 aromatic heterocycles. The Hall–Kier alpha value is -0.380. The predicted octanol–water partition coefficient (Wildman–Crippen LogP) is 3.37. The zero-order chi connectivity index (χ0) is 12.3. The molecule has 0 amide bonds. The maximum atomic E-state index is 5.41. The van der Waals surface area contributed by atoms with E-state index in [1.165, 1.54) is 11.1 Å². The summed E-state index contributed by atoms with van der Waals surface area (Å²) in [6.45, 7) is 5.03. The van der Waals surface area contributed by atoms with Gasteiger partial charge in [-0.1, -0.05) is 22.0 Å². The summed E-state index contributed by atoms with van der Waals surface area (Å²) in [7, 11) is 2.22. The number of aryl methyl sites for hydroxylation is 1. The van der Waals surface area contributed by atoms with Crippen molar-refractivity contribution in [2.24, 2.45) is 0 Å². The second-order valence-electron chi connectivity index (χ2n) is 4.83. The Kier molecular flexibility index (Phi) is 4.60. The van der Waals surface area contributed by atoms with E-state index < -0.39 is 0 Å². The first-order valence-corrected chi connectivity index (χ1v) is 6.99. The van der Waals surface area contributed by atoms with Gasteiger partial charge >= 0.3 is 0 Å². The van der Waals surface area contributed by atoms with Crippen molar-refractivity contribution in [2.75, 3.05) is 20.3 Å². The van der Waals surface area contributed by atoms with Crippen LogP contribution in [0.1, 0.15) is 24.0 Å². The fraction of sp³-hybridized carbons (Fsp3) is 0.571. The molecule has 1 saturated heterocycles. The lowest BCUT2D eigenvalue weighted by atomic mass is 10.0. The van der Waals surface area contributed by atoms with Crippen LogP contribution in [0, 0.1) is 6.92 Å². The van der Waals surface area contributed by atoms with E-state index in [2.05, 4.69) is 53.0 Å². The lowest BCUT2D eigenvalue weighted by molar-refractivity contribution is 0.0406. The van der Waals surface area contributed by atoms with Gasteiger partial charge in [0, 0.05) is 30.3 Å². The molecule has 0 atom stereocenters. The van der Waals surface area contributed by atoms with Gasteiger partial charge in [-0.25, -0.2) is 0 Å². The molecular weight excluding hydrogens is 278 g/mol. The Morgan fingerprint density at radius 2 is 2.06 bits per heavy atom. The molecule has 3 heteroatoms. The van der Waals surface area contributed by atoms with Gasteiger partial charge in [0.25, 0.3) is 0 Å². The smallest absolute Gasteiger partial charge is 0.0480 e. The molecule has 1 heterocycles. The number of benzene rings is 1. The normalized spacial score (nSPS) is 17.6. The number of halogens is 1. The van der Waals surface area contributed by atoms with Crippen molar-refractivity contribution >= 4 is 15.9 Å². The van der Waals surface area contributed by atoms with Crippen LogP contribution >= 0.6 is 15.9 Å². The zero-order valence-electron chi connectivity index (χ0n) is 10.6. The molecule has 1 fully saturated rings. The van der Waals surface area contributed by atoms with Gasteiger partial charge in [-0.2, -0.15) is 0 Å². The van der Waals surface area contributed by atoms with Crippen molar-refractivity contribution in [3.63, 3.8) is 0 Å². The van der Waals surface area contributed by atoms with Crippen molar-refractivity contribution in [1.29, 1.82) is 0 Å². The molecular formula is C14H20BrNO. The van der Waals surface area contributed by atoms with E-state index in [9.17, 15) is 0 Å². The maximum Gasteiger partial charge on any atom is 0.0480 e. The third kappa shape index (κ3) is 3.54. The Morgan fingerprint density at radius 3 is 2.71 bits per heavy atom. The Bertz CT molecular complexity index is 374. The van der Waals surface area contributed by atoms with Crippen molar-refractivity contribution < 1.29 is 4.74 Å². The van der Waals surface area contributed by atoms with Crippen LogP contribution in [0.2, 0.25) is 0 Å². The first kappa shape index (κ1) is 13.1. The third-order valence-electron chi connectivity index (χ3n) is 3.54. The SMILES string of the molecule is Cc1cc(Br)ccc1CN(C)C1CCOCC1. The summed E-state index contributed by atoms with van der Waals surface area (Å²) in [5.74, 6) is 0. The van der Waals surface area contributed by atoms with E-state index in [4.69, 9.17) is 4.74 Å². The highest BCUT2D eigenvalue weighted by atomic mass is 79.9. The van der Waals surface area contributed by atoms with Crippen molar-refractivity contribution in [3.8, 4) is 0 Å². The second kappa shape index (κ2) is 5.98. The van der Waals surface area contributed by atoms with E-state index in [1.807, 2.05) is 0 Å². The Labute approximate surface area is 112 Å². The number of rotatable bonds is 3. The minimum Gasteiger partial charge on any atom is -0.381 e. The van der Waals surface area contributed by atoms with Crippen LogP contribution in [-0.2, 0) is 11.3 Å². The van der Waals surface area contributed by atoms with E-state index in [0.29, 0.717) is 6.04 Å². The monoisotopic (exact) mass is 297 g/mol. The first-order chi connectivity index (χ1) is 8.16. The first-order valence-electron chi connectivity index (χ1n) is 6.20. The zero-order valence-corrected chi connectivity index (χ0v) is 12.2. The minimum absolute atomic E-state index is 0.673. The molecule has 1 aromatic rings. The van der Waals surface area contributed by atoms with Gasteiger partial charge in [0.2, 0.25) is 0 Å². The Balaban J connectivity index is 1.99. The number of nitrogens with zero attached hydrogens (tertiary/aromatic N) is 1. The highest BCUT2D eigenvalue weighted by molar-refractivity contribution is 9.10. The second-order valence-corrected chi connectivity index (χ2v) is 5.75. The van der Waals surface area contributed by atoms with Gasteiger partial charge < -0.3 is 4.74 Å². The summed E-state index contributed by atoms with van der Waals surface area (Å²) >= 11 is 3.51. The minimum atomic E-state index is 0.673.